The van der Waals surface area contributed by atoms with E-state index in [4.69, 9.17) is 0 Å². The number of aromatic amines is 1. The molecule has 0 spiro atoms. The number of thiophene rings is 1. The molecule has 6 nitrogen and oxygen atoms in total. The molecule has 0 unspecified atom stereocenters. The van der Waals surface area contributed by atoms with Crippen LogP contribution in [-0.2, 0) is 22.5 Å². The van der Waals surface area contributed by atoms with Crippen molar-refractivity contribution in [2.45, 2.75) is 45.6 Å². The number of aryl methyl sites for hydroxylation is 1. The van der Waals surface area contributed by atoms with Crippen LogP contribution < -0.4 is 11.2 Å². The first-order valence-corrected chi connectivity index (χ1v) is 8.20. The second-order valence-corrected chi connectivity index (χ2v) is 6.26. The molecule has 0 fully saturated rings. The number of carbonyl (C=O) groups is 1. The minimum atomic E-state index is -0.425. The van der Waals surface area contributed by atoms with Gasteiger partial charge in [-0.1, -0.05) is 13.3 Å². The van der Waals surface area contributed by atoms with Crippen LogP contribution in [-0.4, -0.2) is 22.6 Å². The minimum absolute atomic E-state index is 0.186. The van der Waals surface area contributed by atoms with E-state index in [2.05, 4.69) is 16.6 Å². The van der Waals surface area contributed by atoms with Crippen molar-refractivity contribution in [1.29, 1.82) is 0 Å². The van der Waals surface area contributed by atoms with Crippen LogP contribution in [0.1, 0.15) is 37.5 Å². The SMILES string of the molecule is CCCCc1cc2c(=O)n(CCCC(=O)OC)c(=O)[nH]c2s1. The number of carbonyl (C=O) groups excluding carboxylic acids is 1. The number of rotatable bonds is 7. The van der Waals surface area contributed by atoms with Crippen LogP contribution in [0.2, 0.25) is 0 Å². The number of methoxy groups -OCH3 is 1. The first kappa shape index (κ1) is 16.5. The molecule has 22 heavy (non-hydrogen) atoms. The van der Waals surface area contributed by atoms with Crippen LogP contribution in [0.15, 0.2) is 15.7 Å². The fourth-order valence-electron chi connectivity index (χ4n) is 2.26. The topological polar surface area (TPSA) is 81.2 Å². The van der Waals surface area contributed by atoms with E-state index in [1.165, 1.54) is 18.4 Å². The Morgan fingerprint density at radius 1 is 1.36 bits per heavy atom. The third-order valence-corrected chi connectivity index (χ3v) is 4.60. The zero-order valence-electron chi connectivity index (χ0n) is 12.8. The highest BCUT2D eigenvalue weighted by Gasteiger charge is 2.11. The normalized spacial score (nSPS) is 11.0. The maximum Gasteiger partial charge on any atom is 0.329 e. The molecular weight excluding hydrogens is 304 g/mol. The highest BCUT2D eigenvalue weighted by molar-refractivity contribution is 7.18. The highest BCUT2D eigenvalue weighted by atomic mass is 32.1. The molecule has 0 atom stereocenters. The monoisotopic (exact) mass is 324 g/mol. The van der Waals surface area contributed by atoms with Crippen LogP contribution in [0.4, 0.5) is 0 Å². The lowest BCUT2D eigenvalue weighted by molar-refractivity contribution is -0.140. The Kier molecular flexibility index (Phi) is 5.54. The number of ether oxygens (including phenoxy) is 1. The van der Waals surface area contributed by atoms with Gasteiger partial charge >= 0.3 is 11.7 Å². The van der Waals surface area contributed by atoms with Crippen LogP contribution in [0.25, 0.3) is 10.2 Å². The van der Waals surface area contributed by atoms with Crippen molar-refractivity contribution in [3.05, 3.63) is 31.8 Å². The van der Waals surface area contributed by atoms with Crippen LogP contribution >= 0.6 is 11.3 Å². The Morgan fingerprint density at radius 3 is 2.82 bits per heavy atom. The van der Waals surface area contributed by atoms with E-state index in [-0.39, 0.29) is 24.5 Å². The third kappa shape index (κ3) is 3.65. The van der Waals surface area contributed by atoms with Gasteiger partial charge in [-0.25, -0.2) is 4.79 Å². The summed E-state index contributed by atoms with van der Waals surface area (Å²) in [6, 6.07) is 1.87. The van der Waals surface area contributed by atoms with Crippen molar-refractivity contribution in [3.63, 3.8) is 0 Å². The first-order valence-electron chi connectivity index (χ1n) is 7.39. The van der Waals surface area contributed by atoms with E-state index in [0.717, 1.165) is 28.7 Å². The summed E-state index contributed by atoms with van der Waals surface area (Å²) in [4.78, 5) is 40.0. The fraction of sp³-hybridized carbons (Fsp3) is 0.533. The summed E-state index contributed by atoms with van der Waals surface area (Å²) >= 11 is 1.46. The van der Waals surface area contributed by atoms with Crippen LogP contribution in [0.3, 0.4) is 0 Å². The van der Waals surface area contributed by atoms with Gasteiger partial charge in [-0.05, 0) is 25.3 Å². The maximum atomic E-state index is 12.4. The number of esters is 1. The van der Waals surface area contributed by atoms with Crippen molar-refractivity contribution in [1.82, 2.24) is 9.55 Å². The molecule has 120 valence electrons. The molecule has 0 aliphatic rings. The molecule has 0 saturated carbocycles. The number of unbranched alkanes of at least 4 members (excludes halogenated alkanes) is 1. The summed E-state index contributed by atoms with van der Waals surface area (Å²) in [5.41, 5.74) is -0.714. The number of nitrogens with zero attached hydrogens (tertiary/aromatic N) is 1. The average Bonchev–Trinajstić information content (AvgIpc) is 2.91. The van der Waals surface area contributed by atoms with E-state index < -0.39 is 5.69 Å². The van der Waals surface area contributed by atoms with Crippen LogP contribution in [0, 0.1) is 0 Å². The smallest absolute Gasteiger partial charge is 0.329 e. The van der Waals surface area contributed by atoms with E-state index in [9.17, 15) is 14.4 Å². The Balaban J connectivity index is 2.25. The molecule has 7 heteroatoms. The Morgan fingerprint density at radius 2 is 2.14 bits per heavy atom. The number of aromatic nitrogens is 2. The van der Waals surface area contributed by atoms with Crippen molar-refractivity contribution < 1.29 is 9.53 Å². The molecule has 1 N–H and O–H groups in total. The lowest BCUT2D eigenvalue weighted by Crippen LogP contribution is -2.34. The lowest BCUT2D eigenvalue weighted by atomic mass is 10.2. The molecular formula is C15H20N2O4S. The van der Waals surface area contributed by atoms with Crippen LogP contribution in [0.5, 0.6) is 0 Å². The number of hydrogen-bond acceptors (Lipinski definition) is 5. The first-order chi connectivity index (χ1) is 10.6. The molecule has 0 bridgehead atoms. The number of fused-ring (bicyclic) bond motifs is 1. The molecule has 0 aliphatic carbocycles. The van der Waals surface area contributed by atoms with E-state index in [1.807, 2.05) is 6.07 Å². The van der Waals surface area contributed by atoms with E-state index in [0.29, 0.717) is 16.6 Å². The Bertz CT molecular complexity index is 772. The second-order valence-electron chi connectivity index (χ2n) is 5.13. The van der Waals surface area contributed by atoms with Crippen molar-refractivity contribution >= 4 is 27.5 Å². The molecule has 0 aromatic carbocycles. The van der Waals surface area contributed by atoms with Gasteiger partial charge < -0.3 is 4.74 Å². The quantitative estimate of drug-likeness (QED) is 0.790. The van der Waals surface area contributed by atoms with Gasteiger partial charge in [0.1, 0.15) is 4.83 Å². The Hall–Kier alpha value is -1.89. The number of H-pyrrole nitrogens is 1. The second kappa shape index (κ2) is 7.40. The van der Waals surface area contributed by atoms with Crippen molar-refractivity contribution in [2.24, 2.45) is 0 Å². The molecule has 0 saturated heterocycles. The largest absolute Gasteiger partial charge is 0.469 e. The minimum Gasteiger partial charge on any atom is -0.469 e. The summed E-state index contributed by atoms with van der Waals surface area (Å²) in [5, 5.41) is 0.550. The fourth-order valence-corrected chi connectivity index (χ4v) is 3.34. The van der Waals surface area contributed by atoms with Gasteiger partial charge in [0.05, 0.1) is 12.5 Å². The number of hydrogen-bond donors (Lipinski definition) is 1. The summed E-state index contributed by atoms with van der Waals surface area (Å²) in [6.45, 7) is 2.32. The van der Waals surface area contributed by atoms with Gasteiger partial charge in [0, 0.05) is 17.8 Å². The zero-order chi connectivity index (χ0) is 16.1. The maximum absolute atomic E-state index is 12.4. The van der Waals surface area contributed by atoms with Crippen molar-refractivity contribution in [2.75, 3.05) is 7.11 Å². The highest BCUT2D eigenvalue weighted by Crippen LogP contribution is 2.21. The van der Waals surface area contributed by atoms with E-state index >= 15 is 0 Å². The molecule has 0 amide bonds. The van der Waals surface area contributed by atoms with Gasteiger partial charge in [-0.3, -0.25) is 19.1 Å². The molecule has 0 aliphatic heterocycles. The van der Waals surface area contributed by atoms with Gasteiger partial charge in [0.25, 0.3) is 5.56 Å². The average molecular weight is 324 g/mol. The summed E-state index contributed by atoms with van der Waals surface area (Å²) in [7, 11) is 1.32. The third-order valence-electron chi connectivity index (χ3n) is 3.49. The van der Waals surface area contributed by atoms with Gasteiger partial charge in [0.15, 0.2) is 0 Å². The molecule has 2 aromatic rings. The van der Waals surface area contributed by atoms with Gasteiger partial charge in [-0.15, -0.1) is 11.3 Å². The molecule has 2 rings (SSSR count). The Labute approximate surface area is 131 Å². The molecule has 2 heterocycles. The predicted octanol–water partition coefficient (Wildman–Crippen LogP) is 2.05. The summed E-state index contributed by atoms with van der Waals surface area (Å²) in [5.74, 6) is -0.344. The summed E-state index contributed by atoms with van der Waals surface area (Å²) in [6.07, 6.45) is 3.65. The predicted molar refractivity (Wildman–Crippen MR) is 86.6 cm³/mol. The zero-order valence-corrected chi connectivity index (χ0v) is 13.6. The summed E-state index contributed by atoms with van der Waals surface area (Å²) < 4.78 is 5.70. The lowest BCUT2D eigenvalue weighted by Gasteiger charge is -2.03. The number of nitrogens with one attached hydrogen (secondary N) is 1. The molecule has 2 aromatic heterocycles. The van der Waals surface area contributed by atoms with Crippen molar-refractivity contribution in [3.8, 4) is 0 Å². The van der Waals surface area contributed by atoms with Gasteiger partial charge in [0.2, 0.25) is 0 Å². The van der Waals surface area contributed by atoms with Gasteiger partial charge in [-0.2, -0.15) is 0 Å². The standard InChI is InChI=1S/C15H20N2O4S/c1-3-4-6-10-9-11-13(22-10)16-15(20)17(14(11)19)8-5-7-12(18)21-2/h9H,3-8H2,1-2H3,(H,16,20). The molecule has 0 radical (unpaired) electrons. The van der Waals surface area contributed by atoms with E-state index in [1.54, 1.807) is 0 Å².